The second-order valence-electron chi connectivity index (χ2n) is 14.2. The topological polar surface area (TPSA) is 162 Å². The molecular weight excluding hydrogens is 690 g/mol. The standard InChI is InChI=1S/C39H54ClN3O9/c1-24(2)18-33-37(47)51-30(25(3)32(50-35(45)22-41-6)21-26-12-9-8-10-13-26)14-11-15-34(44)43-29(20-27-16-17-31(49-7)28(40)19-27)36(46)42-23-39(4,5)38(48)52-33/h8-13,15-17,19,24-25,29-30,32-33,36,41-42,46H,14,18,20-23H2,1-7H3,(H,43,44)/b15-11+/t25-,29+,30-,32-,33-,36?/m0/s1. The van der Waals surface area contributed by atoms with E-state index in [1.165, 1.54) is 13.2 Å². The molecule has 286 valence electrons. The van der Waals surface area contributed by atoms with Crippen molar-refractivity contribution >= 4 is 35.4 Å². The van der Waals surface area contributed by atoms with Crippen molar-refractivity contribution in [2.24, 2.45) is 17.3 Å². The van der Waals surface area contributed by atoms with E-state index < -0.39 is 65.7 Å². The molecule has 0 fully saturated rings. The molecule has 0 spiro atoms. The van der Waals surface area contributed by atoms with Crippen LogP contribution in [0.5, 0.6) is 5.75 Å². The van der Waals surface area contributed by atoms with Crippen LogP contribution in [0.3, 0.4) is 0 Å². The van der Waals surface area contributed by atoms with Crippen LogP contribution in [0.4, 0.5) is 0 Å². The zero-order valence-electron chi connectivity index (χ0n) is 31.1. The van der Waals surface area contributed by atoms with Gasteiger partial charge in [0, 0.05) is 25.3 Å². The van der Waals surface area contributed by atoms with Crippen LogP contribution in [0.25, 0.3) is 0 Å². The molecule has 0 saturated heterocycles. The minimum Gasteiger partial charge on any atom is -0.495 e. The Morgan fingerprint density at radius 3 is 2.42 bits per heavy atom. The Morgan fingerprint density at radius 1 is 1.08 bits per heavy atom. The van der Waals surface area contributed by atoms with Gasteiger partial charge in [-0.1, -0.05) is 74.8 Å². The molecular formula is C39H54ClN3O9. The van der Waals surface area contributed by atoms with Gasteiger partial charge in [0.25, 0.3) is 0 Å². The first kappa shape index (κ1) is 42.4. The Kier molecular flexibility index (Phi) is 16.6. The fourth-order valence-electron chi connectivity index (χ4n) is 5.73. The molecule has 1 aliphatic rings. The van der Waals surface area contributed by atoms with Crippen LogP contribution in [0.15, 0.2) is 60.7 Å². The number of aliphatic hydroxyl groups excluding tert-OH is 1. The molecule has 4 N–H and O–H groups in total. The first-order chi connectivity index (χ1) is 24.6. The first-order valence-electron chi connectivity index (χ1n) is 17.6. The summed E-state index contributed by atoms with van der Waals surface area (Å²) in [5, 5.41) is 20.3. The molecule has 0 radical (unpaired) electrons. The van der Waals surface area contributed by atoms with Gasteiger partial charge in [0.2, 0.25) is 5.91 Å². The fraction of sp³-hybridized carbons (Fsp3) is 0.538. The third kappa shape index (κ3) is 13.2. The number of rotatable bonds is 12. The van der Waals surface area contributed by atoms with Crippen LogP contribution in [-0.2, 0) is 46.2 Å². The number of cyclic esters (lactones) is 2. The summed E-state index contributed by atoms with van der Waals surface area (Å²) in [6.45, 7) is 8.82. The lowest BCUT2D eigenvalue weighted by Gasteiger charge is -2.33. The SMILES string of the molecule is CNCC(=O)O[C@@H](Cc1ccccc1)[C@@H](C)[C@@H]1C/C=C/C(=O)N[C@H](Cc2ccc(OC)c(Cl)c2)C(O)NCC(C)(C)C(=O)O[C@@H](CC(C)C)C(=O)O1. The number of carbonyl (C=O) groups excluding carboxylic acids is 4. The highest BCUT2D eigenvalue weighted by Gasteiger charge is 2.38. The van der Waals surface area contributed by atoms with Crippen molar-refractivity contribution in [3.05, 3.63) is 76.8 Å². The van der Waals surface area contributed by atoms with Crippen LogP contribution in [0.1, 0.15) is 58.6 Å². The summed E-state index contributed by atoms with van der Waals surface area (Å²) in [6, 6.07) is 13.8. The quantitative estimate of drug-likeness (QED) is 0.183. The normalized spacial score (nSPS) is 23.5. The minimum absolute atomic E-state index is 0.0185. The van der Waals surface area contributed by atoms with Gasteiger partial charge in [-0.05, 0) is 69.0 Å². The molecule has 2 aromatic carbocycles. The van der Waals surface area contributed by atoms with Crippen LogP contribution >= 0.6 is 11.6 Å². The zero-order valence-corrected chi connectivity index (χ0v) is 31.9. The maximum Gasteiger partial charge on any atom is 0.347 e. The number of halogens is 1. The molecule has 1 amide bonds. The predicted octanol–water partition coefficient (Wildman–Crippen LogP) is 4.15. The van der Waals surface area contributed by atoms with E-state index in [1.54, 1.807) is 45.2 Å². The van der Waals surface area contributed by atoms with Gasteiger partial charge < -0.3 is 34.7 Å². The number of carbonyl (C=O) groups is 4. The summed E-state index contributed by atoms with van der Waals surface area (Å²) in [7, 11) is 3.15. The van der Waals surface area contributed by atoms with Gasteiger partial charge in [-0.15, -0.1) is 0 Å². The molecule has 52 heavy (non-hydrogen) atoms. The summed E-state index contributed by atoms with van der Waals surface area (Å²) >= 11 is 6.36. The molecule has 2 aromatic rings. The second kappa shape index (κ2) is 20.3. The molecule has 1 heterocycles. The molecule has 0 aliphatic carbocycles. The van der Waals surface area contributed by atoms with Crippen molar-refractivity contribution < 1.29 is 43.2 Å². The van der Waals surface area contributed by atoms with Crippen LogP contribution in [0, 0.1) is 17.3 Å². The smallest absolute Gasteiger partial charge is 0.347 e. The number of hydrogen-bond donors (Lipinski definition) is 4. The second-order valence-corrected chi connectivity index (χ2v) is 14.6. The Hall–Kier alpha value is -3.97. The Balaban J connectivity index is 2.00. The summed E-state index contributed by atoms with van der Waals surface area (Å²) in [5.74, 6) is -2.50. The van der Waals surface area contributed by atoms with Gasteiger partial charge in [-0.3, -0.25) is 19.7 Å². The summed E-state index contributed by atoms with van der Waals surface area (Å²) in [5.41, 5.74) is 0.445. The minimum atomic E-state index is -1.28. The van der Waals surface area contributed by atoms with Crippen LogP contribution in [0.2, 0.25) is 5.02 Å². The average molecular weight is 744 g/mol. The van der Waals surface area contributed by atoms with E-state index in [4.69, 9.17) is 30.5 Å². The summed E-state index contributed by atoms with van der Waals surface area (Å²) < 4.78 is 23.1. The first-order valence-corrected chi connectivity index (χ1v) is 18.0. The van der Waals surface area contributed by atoms with E-state index in [9.17, 15) is 24.3 Å². The number of esters is 3. The third-order valence-corrected chi connectivity index (χ3v) is 9.14. The number of hydrogen-bond acceptors (Lipinski definition) is 11. The maximum atomic E-state index is 13.8. The molecule has 12 nitrogen and oxygen atoms in total. The Morgan fingerprint density at radius 2 is 1.79 bits per heavy atom. The molecule has 6 atom stereocenters. The van der Waals surface area contributed by atoms with E-state index >= 15 is 0 Å². The van der Waals surface area contributed by atoms with E-state index in [0.717, 1.165) is 11.1 Å². The Labute approximate surface area is 311 Å². The number of amides is 1. The Bertz CT molecular complexity index is 1520. The van der Waals surface area contributed by atoms with Crippen LogP contribution in [-0.4, -0.2) is 86.8 Å². The number of nitrogens with one attached hydrogen (secondary N) is 3. The molecule has 0 aromatic heterocycles. The number of aliphatic hydroxyl groups is 1. The van der Waals surface area contributed by atoms with Gasteiger partial charge in [0.05, 0.1) is 30.1 Å². The molecule has 3 rings (SSSR count). The van der Waals surface area contributed by atoms with Gasteiger partial charge in [0.15, 0.2) is 6.10 Å². The van der Waals surface area contributed by atoms with Gasteiger partial charge in [-0.25, -0.2) is 4.79 Å². The van der Waals surface area contributed by atoms with Crippen molar-refractivity contribution in [2.45, 2.75) is 90.9 Å². The van der Waals surface area contributed by atoms with E-state index in [0.29, 0.717) is 17.2 Å². The highest BCUT2D eigenvalue weighted by atomic mass is 35.5. The molecule has 0 saturated carbocycles. The summed E-state index contributed by atoms with van der Waals surface area (Å²) in [4.78, 5) is 53.5. The lowest BCUT2D eigenvalue weighted by atomic mass is 9.90. The van der Waals surface area contributed by atoms with Gasteiger partial charge in [-0.2, -0.15) is 0 Å². The predicted molar refractivity (Wildman–Crippen MR) is 198 cm³/mol. The van der Waals surface area contributed by atoms with Crippen molar-refractivity contribution in [2.75, 3.05) is 27.2 Å². The summed E-state index contributed by atoms with van der Waals surface area (Å²) in [6.07, 6.45) is -0.409. The van der Waals surface area contributed by atoms with E-state index in [2.05, 4.69) is 16.0 Å². The van der Waals surface area contributed by atoms with Gasteiger partial charge in [0.1, 0.15) is 24.2 Å². The van der Waals surface area contributed by atoms with Crippen molar-refractivity contribution in [1.29, 1.82) is 0 Å². The lowest BCUT2D eigenvalue weighted by Crippen LogP contribution is -2.53. The molecule has 0 bridgehead atoms. The van der Waals surface area contributed by atoms with E-state index in [-0.39, 0.29) is 38.3 Å². The molecule has 13 heteroatoms. The third-order valence-electron chi connectivity index (χ3n) is 8.85. The largest absolute Gasteiger partial charge is 0.495 e. The number of ether oxygens (including phenoxy) is 4. The maximum absolute atomic E-state index is 13.8. The van der Waals surface area contributed by atoms with Gasteiger partial charge >= 0.3 is 17.9 Å². The number of likely N-dealkylation sites (N-methyl/N-ethyl adjacent to an activating group) is 1. The van der Waals surface area contributed by atoms with Crippen molar-refractivity contribution in [3.63, 3.8) is 0 Å². The van der Waals surface area contributed by atoms with Crippen molar-refractivity contribution in [1.82, 2.24) is 16.0 Å². The lowest BCUT2D eigenvalue weighted by molar-refractivity contribution is -0.181. The number of methoxy groups -OCH3 is 1. The average Bonchev–Trinajstić information content (AvgIpc) is 3.09. The fourth-order valence-corrected chi connectivity index (χ4v) is 6.01. The zero-order chi connectivity index (χ0) is 38.4. The van der Waals surface area contributed by atoms with Crippen molar-refractivity contribution in [3.8, 4) is 5.75 Å². The monoisotopic (exact) mass is 743 g/mol. The highest BCUT2D eigenvalue weighted by Crippen LogP contribution is 2.27. The van der Waals surface area contributed by atoms with E-state index in [1.807, 2.05) is 51.1 Å². The van der Waals surface area contributed by atoms with Crippen LogP contribution < -0.4 is 20.7 Å². The highest BCUT2D eigenvalue weighted by molar-refractivity contribution is 6.32. The molecule has 1 unspecified atom stereocenters. The number of benzene rings is 2. The molecule has 1 aliphatic heterocycles.